The molecule has 1 aromatic heterocycles. The molecule has 6 heteroatoms. The fraction of sp³-hybridized carbons (Fsp3) is 0.278. The van der Waals surface area contributed by atoms with E-state index in [9.17, 15) is 14.7 Å². The first-order valence-corrected chi connectivity index (χ1v) is 7.66. The zero-order chi connectivity index (χ0) is 17.3. The monoisotopic (exact) mass is 326 g/mol. The van der Waals surface area contributed by atoms with E-state index in [0.717, 1.165) is 5.69 Å². The lowest BCUT2D eigenvalue weighted by Gasteiger charge is -2.25. The topological polar surface area (TPSA) is 79.7 Å². The molecule has 2 atom stereocenters. The Labute approximate surface area is 139 Å². The van der Waals surface area contributed by atoms with Gasteiger partial charge in [0.2, 0.25) is 0 Å². The van der Waals surface area contributed by atoms with Crippen LogP contribution in [0, 0.1) is 0 Å². The second-order valence-electron chi connectivity index (χ2n) is 5.78. The predicted octanol–water partition coefficient (Wildman–Crippen LogP) is 2.48. The standard InChI is InChI=1S/C18H18N2O4/c1-11(13-7-3-4-9-19-13)10-20-16(18(22)23)12-6-5-8-14(24-2)15(12)17(20)21/h3-9,11,16H,10H2,1-2H3,(H,22,23). The van der Waals surface area contributed by atoms with Crippen LogP contribution in [-0.4, -0.2) is 40.5 Å². The number of nitrogens with zero attached hydrogens (tertiary/aromatic N) is 2. The Morgan fingerprint density at radius 3 is 2.75 bits per heavy atom. The number of aliphatic carboxylic acids is 1. The quantitative estimate of drug-likeness (QED) is 0.913. The third-order valence-corrected chi connectivity index (χ3v) is 4.26. The molecule has 0 bridgehead atoms. The van der Waals surface area contributed by atoms with E-state index in [4.69, 9.17) is 4.74 Å². The van der Waals surface area contributed by atoms with Gasteiger partial charge in [0.05, 0.1) is 12.7 Å². The highest BCUT2D eigenvalue weighted by Crippen LogP contribution is 2.39. The number of carboxylic acids is 1. The van der Waals surface area contributed by atoms with Crippen LogP contribution in [0.3, 0.4) is 0 Å². The molecule has 0 saturated heterocycles. The smallest absolute Gasteiger partial charge is 0.331 e. The number of hydrogen-bond acceptors (Lipinski definition) is 4. The average Bonchev–Trinajstić information content (AvgIpc) is 2.88. The van der Waals surface area contributed by atoms with Gasteiger partial charge < -0.3 is 14.7 Å². The highest BCUT2D eigenvalue weighted by molar-refractivity contribution is 6.05. The van der Waals surface area contributed by atoms with Gasteiger partial charge >= 0.3 is 5.97 Å². The first kappa shape index (κ1) is 16.0. The molecule has 6 nitrogen and oxygen atoms in total. The lowest BCUT2D eigenvalue weighted by atomic mass is 10.0. The molecule has 0 aliphatic carbocycles. The van der Waals surface area contributed by atoms with Crippen LogP contribution in [0.1, 0.15) is 40.5 Å². The lowest BCUT2D eigenvalue weighted by molar-refractivity contribution is -0.142. The Kier molecular flexibility index (Phi) is 4.20. The number of carbonyl (C=O) groups excluding carboxylic acids is 1. The van der Waals surface area contributed by atoms with Crippen molar-refractivity contribution in [2.45, 2.75) is 18.9 Å². The van der Waals surface area contributed by atoms with Gasteiger partial charge in [0.1, 0.15) is 5.75 Å². The van der Waals surface area contributed by atoms with Crippen molar-refractivity contribution in [3.8, 4) is 5.75 Å². The number of ether oxygens (including phenoxy) is 1. The molecular weight excluding hydrogens is 308 g/mol. The van der Waals surface area contributed by atoms with E-state index in [2.05, 4.69) is 4.98 Å². The van der Waals surface area contributed by atoms with Crippen LogP contribution in [0.2, 0.25) is 0 Å². The summed E-state index contributed by atoms with van der Waals surface area (Å²) in [7, 11) is 1.47. The molecule has 0 radical (unpaired) electrons. The minimum atomic E-state index is -1.05. The molecule has 1 amide bonds. The summed E-state index contributed by atoms with van der Waals surface area (Å²) in [5.41, 5.74) is 1.62. The Morgan fingerprint density at radius 1 is 1.33 bits per heavy atom. The van der Waals surface area contributed by atoms with Gasteiger partial charge in [-0.25, -0.2) is 4.79 Å². The van der Waals surface area contributed by atoms with E-state index in [-0.39, 0.29) is 18.4 Å². The molecular formula is C18H18N2O4. The zero-order valence-electron chi connectivity index (χ0n) is 13.5. The molecule has 1 aliphatic heterocycles. The normalized spacial score (nSPS) is 17.5. The van der Waals surface area contributed by atoms with Crippen LogP contribution in [0.5, 0.6) is 5.75 Å². The molecule has 1 aliphatic rings. The highest BCUT2D eigenvalue weighted by atomic mass is 16.5. The molecule has 3 rings (SSSR count). The maximum atomic E-state index is 12.8. The number of fused-ring (bicyclic) bond motifs is 1. The van der Waals surface area contributed by atoms with Crippen LogP contribution >= 0.6 is 0 Å². The molecule has 2 heterocycles. The largest absolute Gasteiger partial charge is 0.496 e. The molecule has 0 saturated carbocycles. The summed E-state index contributed by atoms with van der Waals surface area (Å²) < 4.78 is 5.24. The van der Waals surface area contributed by atoms with Crippen LogP contribution in [0.25, 0.3) is 0 Å². The number of carbonyl (C=O) groups is 2. The van der Waals surface area contributed by atoms with E-state index < -0.39 is 12.0 Å². The Morgan fingerprint density at radius 2 is 2.12 bits per heavy atom. The molecule has 1 N–H and O–H groups in total. The fourth-order valence-corrected chi connectivity index (χ4v) is 3.11. The third-order valence-electron chi connectivity index (χ3n) is 4.26. The van der Waals surface area contributed by atoms with Crippen LogP contribution in [-0.2, 0) is 4.79 Å². The Bertz CT molecular complexity index is 776. The Balaban J connectivity index is 1.96. The number of pyridine rings is 1. The van der Waals surface area contributed by atoms with Crippen molar-refractivity contribution < 1.29 is 19.4 Å². The molecule has 1 aromatic carbocycles. The van der Waals surface area contributed by atoms with Crippen molar-refractivity contribution in [3.63, 3.8) is 0 Å². The van der Waals surface area contributed by atoms with Gasteiger partial charge in [0.15, 0.2) is 6.04 Å². The SMILES string of the molecule is COc1cccc2c1C(=O)N(CC(C)c1ccccn1)C2C(=O)O. The minimum absolute atomic E-state index is 0.0858. The summed E-state index contributed by atoms with van der Waals surface area (Å²) in [6, 6.07) is 9.59. The number of benzene rings is 1. The number of methoxy groups -OCH3 is 1. The average molecular weight is 326 g/mol. The van der Waals surface area contributed by atoms with Crippen molar-refractivity contribution in [3.05, 3.63) is 59.4 Å². The number of rotatable bonds is 5. The molecule has 2 aromatic rings. The summed E-state index contributed by atoms with van der Waals surface area (Å²) in [4.78, 5) is 30.3. The molecule has 124 valence electrons. The third kappa shape index (κ3) is 2.60. The van der Waals surface area contributed by atoms with Gasteiger partial charge in [0, 0.05) is 29.9 Å². The summed E-state index contributed by atoms with van der Waals surface area (Å²) in [5, 5.41) is 9.64. The fourth-order valence-electron chi connectivity index (χ4n) is 3.11. The summed E-state index contributed by atoms with van der Waals surface area (Å²) in [6.07, 6.45) is 1.68. The van der Waals surface area contributed by atoms with E-state index in [0.29, 0.717) is 16.9 Å². The molecule has 0 fully saturated rings. The number of amides is 1. The van der Waals surface area contributed by atoms with Gasteiger partial charge in [-0.1, -0.05) is 25.1 Å². The predicted molar refractivity (Wildman–Crippen MR) is 87.1 cm³/mol. The van der Waals surface area contributed by atoms with Crippen molar-refractivity contribution in [1.82, 2.24) is 9.88 Å². The zero-order valence-corrected chi connectivity index (χ0v) is 13.5. The number of hydrogen-bond donors (Lipinski definition) is 1. The second-order valence-corrected chi connectivity index (χ2v) is 5.78. The van der Waals surface area contributed by atoms with Crippen molar-refractivity contribution in [2.75, 3.05) is 13.7 Å². The lowest BCUT2D eigenvalue weighted by Crippen LogP contribution is -2.35. The molecule has 24 heavy (non-hydrogen) atoms. The van der Waals surface area contributed by atoms with Crippen LogP contribution in [0.4, 0.5) is 0 Å². The van der Waals surface area contributed by atoms with Crippen molar-refractivity contribution in [1.29, 1.82) is 0 Å². The molecule has 0 spiro atoms. The number of carboxylic acid groups (broad SMARTS) is 1. The van der Waals surface area contributed by atoms with E-state index in [1.807, 2.05) is 25.1 Å². The van der Waals surface area contributed by atoms with Gasteiger partial charge in [-0.2, -0.15) is 0 Å². The van der Waals surface area contributed by atoms with E-state index in [1.54, 1.807) is 24.4 Å². The number of aromatic nitrogens is 1. The van der Waals surface area contributed by atoms with Crippen molar-refractivity contribution >= 4 is 11.9 Å². The van der Waals surface area contributed by atoms with Gasteiger partial charge in [-0.05, 0) is 18.2 Å². The van der Waals surface area contributed by atoms with E-state index in [1.165, 1.54) is 12.0 Å². The van der Waals surface area contributed by atoms with Crippen LogP contribution in [0.15, 0.2) is 42.6 Å². The van der Waals surface area contributed by atoms with E-state index >= 15 is 0 Å². The summed E-state index contributed by atoms with van der Waals surface area (Å²) in [6.45, 7) is 2.19. The second kappa shape index (κ2) is 6.31. The maximum Gasteiger partial charge on any atom is 0.331 e. The maximum absolute atomic E-state index is 12.8. The Hall–Kier alpha value is -2.89. The highest BCUT2D eigenvalue weighted by Gasteiger charge is 2.43. The van der Waals surface area contributed by atoms with Gasteiger partial charge in [-0.3, -0.25) is 9.78 Å². The summed E-state index contributed by atoms with van der Waals surface area (Å²) >= 11 is 0. The molecule has 2 unspecified atom stereocenters. The van der Waals surface area contributed by atoms with Gasteiger partial charge in [0.25, 0.3) is 5.91 Å². The van der Waals surface area contributed by atoms with Crippen LogP contribution < -0.4 is 4.74 Å². The van der Waals surface area contributed by atoms with Crippen molar-refractivity contribution in [2.24, 2.45) is 0 Å². The first-order chi connectivity index (χ1) is 11.5. The van der Waals surface area contributed by atoms with Gasteiger partial charge in [-0.15, -0.1) is 0 Å². The summed E-state index contributed by atoms with van der Waals surface area (Å²) in [5.74, 6) is -1.06. The minimum Gasteiger partial charge on any atom is -0.496 e. The first-order valence-electron chi connectivity index (χ1n) is 7.66.